The Morgan fingerprint density at radius 1 is 1.28 bits per heavy atom. The molecule has 29 heavy (non-hydrogen) atoms. The second kappa shape index (κ2) is 12.3. The SMILES string of the molecule is CCNC(=NCC1(C)CCCS1)NCC(c1ccc(F)cc1)N1CCOCC1.I. The first-order valence-corrected chi connectivity index (χ1v) is 11.3. The number of hydrogen-bond donors (Lipinski definition) is 2. The lowest BCUT2D eigenvalue weighted by Gasteiger charge is -2.35. The molecule has 2 aliphatic rings. The molecule has 0 spiro atoms. The monoisotopic (exact) mass is 536 g/mol. The summed E-state index contributed by atoms with van der Waals surface area (Å²) in [6.07, 6.45) is 2.51. The topological polar surface area (TPSA) is 48.9 Å². The molecule has 8 heteroatoms. The molecule has 2 heterocycles. The number of halogens is 2. The van der Waals surface area contributed by atoms with Crippen LogP contribution >= 0.6 is 35.7 Å². The highest BCUT2D eigenvalue weighted by Gasteiger charge is 2.29. The van der Waals surface area contributed by atoms with Crippen LogP contribution in [0, 0.1) is 5.82 Å². The number of benzene rings is 1. The number of aliphatic imine (C=N–C) groups is 1. The molecule has 0 aromatic heterocycles. The summed E-state index contributed by atoms with van der Waals surface area (Å²) < 4.78 is 19.2. The quantitative estimate of drug-likeness (QED) is 0.317. The number of guanidine groups is 1. The van der Waals surface area contributed by atoms with Crippen molar-refractivity contribution in [1.29, 1.82) is 0 Å². The fourth-order valence-electron chi connectivity index (χ4n) is 3.77. The minimum Gasteiger partial charge on any atom is -0.379 e. The average molecular weight is 536 g/mol. The predicted octanol–water partition coefficient (Wildman–Crippen LogP) is 3.66. The number of ether oxygens (including phenoxy) is 1. The molecule has 2 fully saturated rings. The van der Waals surface area contributed by atoms with Crippen LogP contribution in [0.4, 0.5) is 4.39 Å². The number of hydrogen-bond acceptors (Lipinski definition) is 4. The summed E-state index contributed by atoms with van der Waals surface area (Å²) in [5.74, 6) is 1.89. The Morgan fingerprint density at radius 3 is 2.62 bits per heavy atom. The molecule has 0 aliphatic carbocycles. The summed E-state index contributed by atoms with van der Waals surface area (Å²) in [5.41, 5.74) is 1.12. The van der Waals surface area contributed by atoms with Crippen molar-refractivity contribution in [3.63, 3.8) is 0 Å². The van der Waals surface area contributed by atoms with Crippen LogP contribution in [0.1, 0.15) is 38.3 Å². The molecule has 2 saturated heterocycles. The molecule has 2 unspecified atom stereocenters. The van der Waals surface area contributed by atoms with Gasteiger partial charge in [0.05, 0.1) is 25.8 Å². The minimum atomic E-state index is -0.199. The Hall–Kier alpha value is -0.580. The Bertz CT molecular complexity index is 634. The molecule has 2 N–H and O–H groups in total. The Balaban J connectivity index is 0.00000300. The molecule has 2 atom stereocenters. The molecule has 0 radical (unpaired) electrons. The van der Waals surface area contributed by atoms with Crippen molar-refractivity contribution in [1.82, 2.24) is 15.5 Å². The van der Waals surface area contributed by atoms with Crippen LogP contribution in [0.3, 0.4) is 0 Å². The number of morpholine rings is 1. The zero-order chi connectivity index (χ0) is 19.8. The predicted molar refractivity (Wildman–Crippen MR) is 131 cm³/mol. The van der Waals surface area contributed by atoms with Gasteiger partial charge in [0, 0.05) is 30.9 Å². The van der Waals surface area contributed by atoms with Crippen LogP contribution in [0.5, 0.6) is 0 Å². The van der Waals surface area contributed by atoms with Gasteiger partial charge in [-0.15, -0.1) is 24.0 Å². The normalized spacial score (nSPS) is 24.0. The fraction of sp³-hybridized carbons (Fsp3) is 0.667. The van der Waals surface area contributed by atoms with Gasteiger partial charge in [-0.2, -0.15) is 11.8 Å². The number of rotatable bonds is 7. The fourth-order valence-corrected chi connectivity index (χ4v) is 5.00. The van der Waals surface area contributed by atoms with E-state index in [0.29, 0.717) is 0 Å². The van der Waals surface area contributed by atoms with Gasteiger partial charge in [-0.25, -0.2) is 4.39 Å². The number of thioether (sulfide) groups is 1. The lowest BCUT2D eigenvalue weighted by molar-refractivity contribution is 0.0170. The number of nitrogens with zero attached hydrogens (tertiary/aromatic N) is 2. The largest absolute Gasteiger partial charge is 0.379 e. The molecule has 164 valence electrons. The highest BCUT2D eigenvalue weighted by atomic mass is 127. The molecule has 3 rings (SSSR count). The van der Waals surface area contributed by atoms with E-state index in [1.165, 1.54) is 18.6 Å². The summed E-state index contributed by atoms with van der Waals surface area (Å²) in [5, 5.41) is 6.89. The van der Waals surface area contributed by atoms with Crippen LogP contribution in [-0.4, -0.2) is 67.3 Å². The molecule has 1 aromatic carbocycles. The summed E-state index contributed by atoms with van der Waals surface area (Å²) in [7, 11) is 0. The van der Waals surface area contributed by atoms with E-state index in [-0.39, 0.29) is 40.6 Å². The summed E-state index contributed by atoms with van der Waals surface area (Å²) >= 11 is 2.03. The molecule has 0 saturated carbocycles. The van der Waals surface area contributed by atoms with Gasteiger partial charge in [0.2, 0.25) is 0 Å². The zero-order valence-corrected chi connectivity index (χ0v) is 20.6. The first-order valence-electron chi connectivity index (χ1n) is 10.3. The summed E-state index contributed by atoms with van der Waals surface area (Å²) in [6, 6.07) is 7.01. The second-order valence-corrected chi connectivity index (χ2v) is 9.38. The second-order valence-electron chi connectivity index (χ2n) is 7.69. The van der Waals surface area contributed by atoms with E-state index < -0.39 is 0 Å². The van der Waals surface area contributed by atoms with Crippen molar-refractivity contribution >= 4 is 41.7 Å². The van der Waals surface area contributed by atoms with Gasteiger partial charge >= 0.3 is 0 Å². The standard InChI is InChI=1S/C21H33FN4OS.HI/c1-3-23-20(25-16-21(2)9-4-14-28-21)24-15-19(26-10-12-27-13-11-26)17-5-7-18(22)8-6-17;/h5-8,19H,3-4,9-16H2,1-2H3,(H2,23,24,25);1H. The molecular weight excluding hydrogens is 502 g/mol. The van der Waals surface area contributed by atoms with Crippen LogP contribution < -0.4 is 10.6 Å². The highest BCUT2D eigenvalue weighted by Crippen LogP contribution is 2.37. The van der Waals surface area contributed by atoms with Gasteiger partial charge in [-0.3, -0.25) is 9.89 Å². The molecular formula is C21H34FIN4OS. The summed E-state index contributed by atoms with van der Waals surface area (Å²) in [4.78, 5) is 7.27. The lowest BCUT2D eigenvalue weighted by Crippen LogP contribution is -2.46. The molecule has 2 aliphatic heterocycles. The van der Waals surface area contributed by atoms with E-state index in [1.54, 1.807) is 12.1 Å². The van der Waals surface area contributed by atoms with Crippen LogP contribution in [-0.2, 0) is 4.74 Å². The van der Waals surface area contributed by atoms with Gasteiger partial charge in [0.1, 0.15) is 5.82 Å². The Kier molecular flexibility index (Phi) is 10.5. The van der Waals surface area contributed by atoms with Crippen LogP contribution in [0.2, 0.25) is 0 Å². The van der Waals surface area contributed by atoms with Crippen molar-refractivity contribution < 1.29 is 9.13 Å². The van der Waals surface area contributed by atoms with E-state index in [2.05, 4.69) is 29.4 Å². The van der Waals surface area contributed by atoms with Gasteiger partial charge in [-0.05, 0) is 50.1 Å². The van der Waals surface area contributed by atoms with Crippen molar-refractivity contribution in [3.05, 3.63) is 35.6 Å². The maximum Gasteiger partial charge on any atom is 0.191 e. The van der Waals surface area contributed by atoms with E-state index in [0.717, 1.165) is 57.5 Å². The first-order chi connectivity index (χ1) is 13.6. The zero-order valence-electron chi connectivity index (χ0n) is 17.5. The Morgan fingerprint density at radius 2 is 2.00 bits per heavy atom. The maximum atomic E-state index is 13.4. The van der Waals surface area contributed by atoms with Gasteiger partial charge in [0.15, 0.2) is 5.96 Å². The summed E-state index contributed by atoms with van der Waals surface area (Å²) in [6.45, 7) is 10.0. The third-order valence-electron chi connectivity index (χ3n) is 5.42. The Labute approximate surface area is 195 Å². The lowest BCUT2D eigenvalue weighted by atomic mass is 10.0. The average Bonchev–Trinajstić information content (AvgIpc) is 3.15. The molecule has 0 bridgehead atoms. The van der Waals surface area contributed by atoms with Gasteiger partial charge in [0.25, 0.3) is 0 Å². The van der Waals surface area contributed by atoms with Crippen molar-refractivity contribution in [2.75, 3.05) is 51.7 Å². The minimum absolute atomic E-state index is 0. The third-order valence-corrected chi connectivity index (χ3v) is 6.94. The highest BCUT2D eigenvalue weighted by molar-refractivity contribution is 14.0. The maximum absolute atomic E-state index is 13.4. The van der Waals surface area contributed by atoms with Crippen LogP contribution in [0.15, 0.2) is 29.3 Å². The van der Waals surface area contributed by atoms with Crippen molar-refractivity contribution in [2.24, 2.45) is 4.99 Å². The number of nitrogens with one attached hydrogen (secondary N) is 2. The first kappa shape index (κ1) is 24.7. The van der Waals surface area contributed by atoms with E-state index >= 15 is 0 Å². The molecule has 5 nitrogen and oxygen atoms in total. The molecule has 0 amide bonds. The van der Waals surface area contributed by atoms with Crippen molar-refractivity contribution in [3.8, 4) is 0 Å². The smallest absolute Gasteiger partial charge is 0.191 e. The van der Waals surface area contributed by atoms with Gasteiger partial charge < -0.3 is 15.4 Å². The third kappa shape index (κ3) is 7.56. The van der Waals surface area contributed by atoms with E-state index in [1.807, 2.05) is 23.9 Å². The van der Waals surface area contributed by atoms with E-state index in [9.17, 15) is 4.39 Å². The molecule has 1 aromatic rings. The van der Waals surface area contributed by atoms with E-state index in [4.69, 9.17) is 9.73 Å². The van der Waals surface area contributed by atoms with Crippen LogP contribution in [0.25, 0.3) is 0 Å². The van der Waals surface area contributed by atoms with Crippen molar-refractivity contribution in [2.45, 2.75) is 37.5 Å². The van der Waals surface area contributed by atoms with Gasteiger partial charge in [-0.1, -0.05) is 12.1 Å².